The first-order chi connectivity index (χ1) is 10.1. The number of fused-ring (bicyclic) bond motifs is 1. The zero-order chi connectivity index (χ0) is 15.0. The first-order valence-corrected chi connectivity index (χ1v) is 7.01. The predicted octanol–water partition coefficient (Wildman–Crippen LogP) is 4.45. The van der Waals surface area contributed by atoms with Crippen molar-refractivity contribution >= 4 is 5.69 Å². The van der Waals surface area contributed by atoms with Gasteiger partial charge in [-0.3, -0.25) is 0 Å². The third kappa shape index (κ3) is 2.46. The Labute approximate surface area is 122 Å². The Kier molecular flexibility index (Phi) is 3.53. The Morgan fingerprint density at radius 2 is 1.90 bits per heavy atom. The second-order valence-electron chi connectivity index (χ2n) is 5.50. The smallest absolute Gasteiger partial charge is 0.152 e. The highest BCUT2D eigenvalue weighted by Crippen LogP contribution is 2.38. The van der Waals surface area contributed by atoms with E-state index in [9.17, 15) is 8.78 Å². The van der Waals surface area contributed by atoms with Crippen molar-refractivity contribution in [1.82, 2.24) is 0 Å². The van der Waals surface area contributed by atoms with E-state index in [2.05, 4.69) is 5.32 Å². The summed E-state index contributed by atoms with van der Waals surface area (Å²) in [5.41, 5.74) is 1.28. The Morgan fingerprint density at radius 1 is 1.14 bits per heavy atom. The van der Waals surface area contributed by atoms with Gasteiger partial charge in [-0.2, -0.15) is 0 Å². The molecule has 0 fully saturated rings. The van der Waals surface area contributed by atoms with Gasteiger partial charge in [0.1, 0.15) is 17.3 Å². The Hall–Kier alpha value is -2.10. The summed E-state index contributed by atoms with van der Waals surface area (Å²) < 4.78 is 33.8. The average Bonchev–Trinajstić information content (AvgIpc) is 2.49. The second-order valence-corrected chi connectivity index (χ2v) is 5.50. The van der Waals surface area contributed by atoms with Gasteiger partial charge in [0.25, 0.3) is 0 Å². The summed E-state index contributed by atoms with van der Waals surface area (Å²) in [6.45, 7) is 4.14. The molecule has 0 aliphatic carbocycles. The zero-order valence-corrected chi connectivity index (χ0v) is 12.0. The largest absolute Gasteiger partial charge is 0.493 e. The Morgan fingerprint density at radius 3 is 2.71 bits per heavy atom. The van der Waals surface area contributed by atoms with Gasteiger partial charge in [-0.25, -0.2) is 8.78 Å². The SMILES string of the molecule is Cc1ccc(F)c(NC2c3ccccc3OCC2C)c1F. The van der Waals surface area contributed by atoms with Crippen LogP contribution in [0.25, 0.3) is 0 Å². The number of rotatable bonds is 2. The number of hydrogen-bond acceptors (Lipinski definition) is 2. The van der Waals surface area contributed by atoms with Gasteiger partial charge in [-0.05, 0) is 24.6 Å². The summed E-state index contributed by atoms with van der Waals surface area (Å²) in [5, 5.41) is 3.03. The molecule has 0 radical (unpaired) electrons. The molecule has 1 aliphatic heterocycles. The highest BCUT2D eigenvalue weighted by molar-refractivity contribution is 5.52. The van der Waals surface area contributed by atoms with Crippen LogP contribution in [-0.2, 0) is 0 Å². The Bertz CT molecular complexity index is 672. The topological polar surface area (TPSA) is 21.3 Å². The number of ether oxygens (including phenoxy) is 1. The van der Waals surface area contributed by atoms with Crippen molar-refractivity contribution in [2.75, 3.05) is 11.9 Å². The van der Waals surface area contributed by atoms with Gasteiger partial charge in [0.2, 0.25) is 0 Å². The molecule has 0 aromatic heterocycles. The molecule has 1 aliphatic rings. The van der Waals surface area contributed by atoms with E-state index in [1.54, 1.807) is 6.92 Å². The molecule has 0 spiro atoms. The van der Waals surface area contributed by atoms with Crippen LogP contribution in [-0.4, -0.2) is 6.61 Å². The number of nitrogens with one attached hydrogen (secondary N) is 1. The molecule has 4 heteroatoms. The molecule has 2 nitrogen and oxygen atoms in total. The molecular formula is C17H17F2NO. The number of aryl methyl sites for hydroxylation is 1. The normalized spacial score (nSPS) is 20.6. The van der Waals surface area contributed by atoms with E-state index in [0.29, 0.717) is 12.2 Å². The lowest BCUT2D eigenvalue weighted by molar-refractivity contribution is 0.214. The van der Waals surface area contributed by atoms with Crippen LogP contribution >= 0.6 is 0 Å². The van der Waals surface area contributed by atoms with Crippen molar-refractivity contribution in [2.24, 2.45) is 5.92 Å². The van der Waals surface area contributed by atoms with Crippen LogP contribution in [0.4, 0.5) is 14.5 Å². The molecule has 1 heterocycles. The molecule has 0 amide bonds. The minimum atomic E-state index is -0.575. The minimum absolute atomic E-state index is 0.0662. The molecule has 2 atom stereocenters. The van der Waals surface area contributed by atoms with E-state index in [1.807, 2.05) is 31.2 Å². The van der Waals surface area contributed by atoms with E-state index in [-0.39, 0.29) is 17.6 Å². The maximum absolute atomic E-state index is 14.2. The van der Waals surface area contributed by atoms with Gasteiger partial charge in [0.05, 0.1) is 12.6 Å². The lowest BCUT2D eigenvalue weighted by atomic mass is 9.91. The molecule has 2 unspecified atom stereocenters. The lowest BCUT2D eigenvalue weighted by Crippen LogP contribution is -2.29. The van der Waals surface area contributed by atoms with E-state index < -0.39 is 11.6 Å². The summed E-state index contributed by atoms with van der Waals surface area (Å²) in [6, 6.07) is 10.1. The highest BCUT2D eigenvalue weighted by Gasteiger charge is 2.29. The predicted molar refractivity (Wildman–Crippen MR) is 78.6 cm³/mol. The first kappa shape index (κ1) is 13.9. The third-order valence-corrected chi connectivity index (χ3v) is 3.91. The van der Waals surface area contributed by atoms with Crippen molar-refractivity contribution in [3.05, 3.63) is 59.2 Å². The van der Waals surface area contributed by atoms with Gasteiger partial charge in [-0.15, -0.1) is 0 Å². The van der Waals surface area contributed by atoms with Crippen LogP contribution in [0.15, 0.2) is 36.4 Å². The number of halogens is 2. The van der Waals surface area contributed by atoms with Gasteiger partial charge < -0.3 is 10.1 Å². The minimum Gasteiger partial charge on any atom is -0.493 e. The van der Waals surface area contributed by atoms with Crippen molar-refractivity contribution in [2.45, 2.75) is 19.9 Å². The van der Waals surface area contributed by atoms with Gasteiger partial charge in [0.15, 0.2) is 5.82 Å². The fraction of sp³-hybridized carbons (Fsp3) is 0.294. The molecule has 2 aromatic carbocycles. The number of hydrogen-bond donors (Lipinski definition) is 1. The lowest BCUT2D eigenvalue weighted by Gasteiger charge is -2.33. The summed E-state index contributed by atoms with van der Waals surface area (Å²) in [4.78, 5) is 0. The maximum Gasteiger partial charge on any atom is 0.152 e. The maximum atomic E-state index is 14.2. The van der Waals surface area contributed by atoms with Crippen molar-refractivity contribution in [3.63, 3.8) is 0 Å². The van der Waals surface area contributed by atoms with Gasteiger partial charge in [0, 0.05) is 11.5 Å². The van der Waals surface area contributed by atoms with E-state index in [4.69, 9.17) is 4.74 Å². The molecule has 0 saturated carbocycles. The summed E-state index contributed by atoms with van der Waals surface area (Å²) in [6.07, 6.45) is 0. The standard InChI is InChI=1S/C17H17F2NO/c1-10-7-8-13(18)17(15(10)19)20-16-11(2)9-21-14-6-4-3-5-12(14)16/h3-8,11,16,20H,9H2,1-2H3. The summed E-state index contributed by atoms with van der Waals surface area (Å²) >= 11 is 0. The molecular weight excluding hydrogens is 272 g/mol. The number of benzene rings is 2. The molecule has 110 valence electrons. The fourth-order valence-corrected chi connectivity index (χ4v) is 2.66. The van der Waals surface area contributed by atoms with Crippen molar-refractivity contribution < 1.29 is 13.5 Å². The van der Waals surface area contributed by atoms with Crippen LogP contribution in [0, 0.1) is 24.5 Å². The van der Waals surface area contributed by atoms with Crippen LogP contribution in [0.2, 0.25) is 0 Å². The highest BCUT2D eigenvalue weighted by atomic mass is 19.1. The van der Waals surface area contributed by atoms with E-state index >= 15 is 0 Å². The summed E-state index contributed by atoms with van der Waals surface area (Å²) in [5.74, 6) is -0.235. The molecule has 0 bridgehead atoms. The van der Waals surface area contributed by atoms with Gasteiger partial charge in [-0.1, -0.05) is 31.2 Å². The number of para-hydroxylation sites is 1. The van der Waals surface area contributed by atoms with Crippen LogP contribution < -0.4 is 10.1 Å². The molecule has 0 saturated heterocycles. The molecule has 21 heavy (non-hydrogen) atoms. The average molecular weight is 289 g/mol. The van der Waals surface area contributed by atoms with E-state index in [1.165, 1.54) is 12.1 Å². The van der Waals surface area contributed by atoms with Gasteiger partial charge >= 0.3 is 0 Å². The number of anilines is 1. The molecule has 3 rings (SSSR count). The van der Waals surface area contributed by atoms with E-state index in [0.717, 1.165) is 11.3 Å². The molecule has 2 aromatic rings. The fourth-order valence-electron chi connectivity index (χ4n) is 2.66. The van der Waals surface area contributed by atoms with Crippen LogP contribution in [0.3, 0.4) is 0 Å². The monoisotopic (exact) mass is 289 g/mol. The van der Waals surface area contributed by atoms with Crippen LogP contribution in [0.5, 0.6) is 5.75 Å². The van der Waals surface area contributed by atoms with Crippen molar-refractivity contribution in [3.8, 4) is 5.75 Å². The zero-order valence-electron chi connectivity index (χ0n) is 12.0. The summed E-state index contributed by atoms with van der Waals surface area (Å²) in [7, 11) is 0. The molecule has 1 N–H and O–H groups in total. The van der Waals surface area contributed by atoms with Crippen molar-refractivity contribution in [1.29, 1.82) is 0 Å². The van der Waals surface area contributed by atoms with Crippen LogP contribution in [0.1, 0.15) is 24.1 Å². The second kappa shape index (κ2) is 5.35. The quantitative estimate of drug-likeness (QED) is 0.881. The third-order valence-electron chi connectivity index (χ3n) is 3.91. The Balaban J connectivity index is 2.00. The first-order valence-electron chi connectivity index (χ1n) is 7.01.